The molecule has 1 heterocycles. The molecular weight excluding hydrogens is 327 g/mol. The molecule has 0 amide bonds. The number of anilines is 1. The van der Waals surface area contributed by atoms with Crippen LogP contribution in [0.3, 0.4) is 0 Å². The lowest BCUT2D eigenvalue weighted by Crippen LogP contribution is -2.20. The maximum absolute atomic E-state index is 14.6. The smallest absolute Gasteiger partial charge is 0.165 e. The van der Waals surface area contributed by atoms with Gasteiger partial charge in [0.15, 0.2) is 11.6 Å². The number of para-hydroxylation sites is 1. The summed E-state index contributed by atoms with van der Waals surface area (Å²) in [5.74, 6) is -0.0962. The Morgan fingerprint density at radius 1 is 0.962 bits per heavy atom. The summed E-state index contributed by atoms with van der Waals surface area (Å²) in [5, 5.41) is 3.15. The summed E-state index contributed by atoms with van der Waals surface area (Å²) < 4.78 is 20.2. The average molecular weight is 346 g/mol. The molecule has 26 heavy (non-hydrogen) atoms. The third-order valence-corrected chi connectivity index (χ3v) is 4.33. The Balaban J connectivity index is 1.57. The molecule has 0 radical (unpaired) electrons. The lowest BCUT2D eigenvalue weighted by Gasteiger charge is -2.19. The van der Waals surface area contributed by atoms with Crippen LogP contribution in [0.2, 0.25) is 0 Å². The van der Waals surface area contributed by atoms with Crippen LogP contribution >= 0.6 is 0 Å². The molecule has 0 bridgehead atoms. The molecule has 0 unspecified atom stereocenters. The minimum absolute atomic E-state index is 0.262. The maximum Gasteiger partial charge on any atom is 0.165 e. The summed E-state index contributed by atoms with van der Waals surface area (Å²) >= 11 is 0. The van der Waals surface area contributed by atoms with Gasteiger partial charge in [0.05, 0.1) is 12.4 Å². The van der Waals surface area contributed by atoms with Crippen molar-refractivity contribution < 1.29 is 9.13 Å². The molecule has 3 aromatic carbocycles. The summed E-state index contributed by atoms with van der Waals surface area (Å²) in [6.07, 6.45) is 3.88. The van der Waals surface area contributed by atoms with Gasteiger partial charge in [-0.3, -0.25) is 0 Å². The number of halogens is 1. The van der Waals surface area contributed by atoms with Crippen molar-refractivity contribution in [2.24, 2.45) is 0 Å². The highest BCUT2D eigenvalue weighted by atomic mass is 19.1. The first-order chi connectivity index (χ1) is 12.8. The predicted molar refractivity (Wildman–Crippen MR) is 102 cm³/mol. The average Bonchev–Trinajstić information content (AvgIpc) is 3.22. The molecule has 4 heteroatoms. The Bertz CT molecular complexity index is 924. The van der Waals surface area contributed by atoms with E-state index in [1.807, 2.05) is 73.1 Å². The molecule has 0 spiro atoms. The highest BCUT2D eigenvalue weighted by Gasteiger charge is 2.14. The summed E-state index contributed by atoms with van der Waals surface area (Å²) in [5.41, 5.74) is 3.85. The van der Waals surface area contributed by atoms with Crippen LogP contribution in [0.15, 0.2) is 85.2 Å². The first-order valence-corrected chi connectivity index (χ1v) is 8.53. The van der Waals surface area contributed by atoms with Gasteiger partial charge < -0.3 is 15.0 Å². The van der Waals surface area contributed by atoms with Crippen molar-refractivity contribution in [3.63, 3.8) is 0 Å². The van der Waals surface area contributed by atoms with E-state index in [0.29, 0.717) is 13.3 Å². The number of nitrogens with one attached hydrogen (secondary N) is 1. The second-order valence-electron chi connectivity index (χ2n) is 6.08. The fraction of sp³-hybridized carbons (Fsp3) is 0.0909. The molecule has 0 aromatic heterocycles. The van der Waals surface area contributed by atoms with E-state index in [4.69, 9.17) is 4.74 Å². The van der Waals surface area contributed by atoms with Gasteiger partial charge in [-0.2, -0.15) is 0 Å². The topological polar surface area (TPSA) is 24.5 Å². The minimum atomic E-state index is -0.358. The largest absolute Gasteiger partial charge is 0.486 e. The maximum atomic E-state index is 14.6. The standard InChI is InChI=1S/C22H19FN2O/c23-20-14-18(10-11-22(20)26-15-17-6-2-1-3-7-17)19-8-4-5-9-21(19)25-13-12-24-16-25/h1-14,24H,15-16H2. The van der Waals surface area contributed by atoms with Crippen LogP contribution in [0, 0.1) is 5.82 Å². The third-order valence-electron chi connectivity index (χ3n) is 4.33. The van der Waals surface area contributed by atoms with E-state index in [0.717, 1.165) is 22.4 Å². The van der Waals surface area contributed by atoms with Crippen molar-refractivity contribution >= 4 is 5.69 Å². The minimum Gasteiger partial charge on any atom is -0.486 e. The van der Waals surface area contributed by atoms with Gasteiger partial charge in [-0.1, -0.05) is 54.6 Å². The van der Waals surface area contributed by atoms with Crippen LogP contribution in [0.4, 0.5) is 10.1 Å². The van der Waals surface area contributed by atoms with Gasteiger partial charge in [0.1, 0.15) is 6.61 Å². The van der Waals surface area contributed by atoms with Gasteiger partial charge in [-0.25, -0.2) is 4.39 Å². The molecule has 0 fully saturated rings. The molecule has 1 N–H and O–H groups in total. The van der Waals surface area contributed by atoms with E-state index in [-0.39, 0.29) is 11.6 Å². The van der Waals surface area contributed by atoms with Crippen molar-refractivity contribution in [1.82, 2.24) is 5.32 Å². The molecule has 3 aromatic rings. The van der Waals surface area contributed by atoms with Crippen LogP contribution in [-0.4, -0.2) is 6.67 Å². The number of benzene rings is 3. The lowest BCUT2D eigenvalue weighted by atomic mass is 10.0. The van der Waals surface area contributed by atoms with Gasteiger partial charge in [-0.05, 0) is 29.3 Å². The Labute approximate surface area is 152 Å². The van der Waals surface area contributed by atoms with E-state index < -0.39 is 0 Å². The Hall–Kier alpha value is -3.27. The first-order valence-electron chi connectivity index (χ1n) is 8.53. The van der Waals surface area contributed by atoms with E-state index >= 15 is 0 Å². The van der Waals surface area contributed by atoms with E-state index in [9.17, 15) is 4.39 Å². The summed E-state index contributed by atoms with van der Waals surface area (Å²) in [6, 6.07) is 22.9. The summed E-state index contributed by atoms with van der Waals surface area (Å²) in [4.78, 5) is 2.09. The second-order valence-corrected chi connectivity index (χ2v) is 6.08. The monoisotopic (exact) mass is 346 g/mol. The fourth-order valence-corrected chi connectivity index (χ4v) is 3.00. The lowest BCUT2D eigenvalue weighted by molar-refractivity contribution is 0.290. The zero-order valence-electron chi connectivity index (χ0n) is 14.2. The number of ether oxygens (including phenoxy) is 1. The number of hydrogen-bond donors (Lipinski definition) is 1. The molecule has 0 saturated carbocycles. The second kappa shape index (κ2) is 7.31. The SMILES string of the molecule is Fc1cc(-c2ccccc2N2C=CNC2)ccc1OCc1ccccc1. The molecule has 0 saturated heterocycles. The molecule has 1 aliphatic rings. The van der Waals surface area contributed by atoms with Crippen molar-refractivity contribution in [2.75, 3.05) is 11.6 Å². The third kappa shape index (κ3) is 3.40. The highest BCUT2D eigenvalue weighted by Crippen LogP contribution is 2.33. The zero-order valence-corrected chi connectivity index (χ0v) is 14.2. The molecule has 4 rings (SSSR count). The van der Waals surface area contributed by atoms with Gasteiger partial charge in [0.25, 0.3) is 0 Å². The quantitative estimate of drug-likeness (QED) is 0.710. The van der Waals surface area contributed by atoms with Crippen molar-refractivity contribution in [3.05, 3.63) is 96.6 Å². The van der Waals surface area contributed by atoms with Crippen molar-refractivity contribution in [1.29, 1.82) is 0 Å². The number of rotatable bonds is 5. The van der Waals surface area contributed by atoms with E-state index in [2.05, 4.69) is 10.2 Å². The van der Waals surface area contributed by atoms with Crippen LogP contribution in [-0.2, 0) is 6.61 Å². The Morgan fingerprint density at radius 3 is 2.54 bits per heavy atom. The normalized spacial score (nSPS) is 12.9. The molecule has 1 aliphatic heterocycles. The molecule has 3 nitrogen and oxygen atoms in total. The van der Waals surface area contributed by atoms with Gasteiger partial charge in [0, 0.05) is 18.0 Å². The highest BCUT2D eigenvalue weighted by molar-refractivity contribution is 5.79. The number of nitrogens with zero attached hydrogens (tertiary/aromatic N) is 1. The van der Waals surface area contributed by atoms with Crippen LogP contribution in [0.5, 0.6) is 5.75 Å². The summed E-state index contributed by atoms with van der Waals surface area (Å²) in [6.45, 7) is 1.05. The molecule has 0 aliphatic carbocycles. The molecular formula is C22H19FN2O. The first kappa shape index (κ1) is 16.2. The van der Waals surface area contributed by atoms with E-state index in [1.165, 1.54) is 6.07 Å². The molecule has 0 atom stereocenters. The van der Waals surface area contributed by atoms with E-state index in [1.54, 1.807) is 6.07 Å². The summed E-state index contributed by atoms with van der Waals surface area (Å²) in [7, 11) is 0. The van der Waals surface area contributed by atoms with Crippen LogP contribution < -0.4 is 15.0 Å². The van der Waals surface area contributed by atoms with Crippen LogP contribution in [0.25, 0.3) is 11.1 Å². The molecule has 130 valence electrons. The van der Waals surface area contributed by atoms with Gasteiger partial charge >= 0.3 is 0 Å². The Kier molecular flexibility index (Phi) is 4.56. The fourth-order valence-electron chi connectivity index (χ4n) is 3.00. The number of hydrogen-bond acceptors (Lipinski definition) is 3. The zero-order chi connectivity index (χ0) is 17.8. The van der Waals surface area contributed by atoms with Gasteiger partial charge in [0.2, 0.25) is 0 Å². The van der Waals surface area contributed by atoms with Crippen molar-refractivity contribution in [2.45, 2.75) is 6.61 Å². The Morgan fingerprint density at radius 2 is 1.77 bits per heavy atom. The van der Waals surface area contributed by atoms with Crippen LogP contribution in [0.1, 0.15) is 5.56 Å². The predicted octanol–water partition coefficient (Wildman–Crippen LogP) is 4.91. The van der Waals surface area contributed by atoms with Crippen molar-refractivity contribution in [3.8, 4) is 16.9 Å². The van der Waals surface area contributed by atoms with Gasteiger partial charge in [-0.15, -0.1) is 0 Å².